The van der Waals surface area contributed by atoms with Crippen LogP contribution in [0.5, 0.6) is 0 Å². The lowest BCUT2D eigenvalue weighted by Gasteiger charge is -2.10. The number of H-pyrrole nitrogens is 2. The molecule has 2 aromatic carbocycles. The number of anilines is 1. The first-order chi connectivity index (χ1) is 19.6. The number of aryl methyl sites for hydroxylation is 1. The van der Waals surface area contributed by atoms with Crippen LogP contribution in [0.4, 0.5) is 10.1 Å². The third kappa shape index (κ3) is 5.69. The average molecular weight is 569 g/mol. The second-order valence-electron chi connectivity index (χ2n) is 10.6. The molecule has 6 aromatic rings. The molecule has 4 aromatic heterocycles. The summed E-state index contributed by atoms with van der Waals surface area (Å²) in [4.78, 5) is 12.8. The highest BCUT2D eigenvalue weighted by Crippen LogP contribution is 2.35. The van der Waals surface area contributed by atoms with Crippen molar-refractivity contribution in [2.75, 3.05) is 17.3 Å². The van der Waals surface area contributed by atoms with E-state index in [2.05, 4.69) is 39.3 Å². The largest absolute Gasteiger partial charge is 0.382 e. The smallest absolute Gasteiger partial charge is 0.147 e. The Morgan fingerprint density at radius 2 is 1.83 bits per heavy atom. The average Bonchev–Trinajstić information content (AvgIpc) is 3.54. The number of sulfone groups is 1. The second kappa shape index (κ2) is 10.4. The summed E-state index contributed by atoms with van der Waals surface area (Å²) in [6, 6.07) is 18.7. The molecule has 0 saturated carbocycles. The van der Waals surface area contributed by atoms with Crippen LogP contribution in [-0.2, 0) is 16.3 Å². The molecule has 0 aliphatic heterocycles. The Morgan fingerprint density at radius 1 is 0.976 bits per heavy atom. The fourth-order valence-electron chi connectivity index (χ4n) is 5.03. The van der Waals surface area contributed by atoms with Crippen LogP contribution in [0.3, 0.4) is 0 Å². The van der Waals surface area contributed by atoms with Crippen LogP contribution >= 0.6 is 0 Å². The molecule has 6 rings (SSSR count). The summed E-state index contributed by atoms with van der Waals surface area (Å²) >= 11 is 0. The third-order valence-electron chi connectivity index (χ3n) is 6.85. The number of halogens is 1. The van der Waals surface area contributed by atoms with Crippen LogP contribution in [0.25, 0.3) is 55.7 Å². The number of rotatable bonds is 8. The molecule has 8 nitrogen and oxygen atoms in total. The predicted octanol–water partition coefficient (Wildman–Crippen LogP) is 6.38. The van der Waals surface area contributed by atoms with Gasteiger partial charge < -0.3 is 10.3 Å². The van der Waals surface area contributed by atoms with E-state index in [9.17, 15) is 12.8 Å². The van der Waals surface area contributed by atoms with E-state index in [1.54, 1.807) is 12.4 Å². The zero-order valence-corrected chi connectivity index (χ0v) is 23.7. The lowest BCUT2D eigenvalue weighted by Crippen LogP contribution is -2.09. The first-order valence-corrected chi connectivity index (χ1v) is 15.4. The molecular formula is C31H29FN6O2S. The number of hydrogen-bond donors (Lipinski definition) is 3. The van der Waals surface area contributed by atoms with Crippen molar-refractivity contribution in [3.8, 4) is 33.8 Å². The van der Waals surface area contributed by atoms with Gasteiger partial charge in [-0.25, -0.2) is 17.8 Å². The van der Waals surface area contributed by atoms with Crippen molar-refractivity contribution in [1.82, 2.24) is 25.1 Å². The predicted molar refractivity (Wildman–Crippen MR) is 162 cm³/mol. The Balaban J connectivity index is 1.40. The molecular weight excluding hydrogens is 539 g/mol. The monoisotopic (exact) mass is 568 g/mol. The Morgan fingerprint density at radius 3 is 2.63 bits per heavy atom. The Labute approximate surface area is 237 Å². The Bertz CT molecular complexity index is 2010. The number of aromatic nitrogens is 5. The maximum absolute atomic E-state index is 14.6. The van der Waals surface area contributed by atoms with Crippen LogP contribution in [0.15, 0.2) is 73.1 Å². The Kier molecular flexibility index (Phi) is 6.78. The zero-order chi connectivity index (χ0) is 28.7. The van der Waals surface area contributed by atoms with E-state index in [1.807, 2.05) is 48.5 Å². The Hall–Kier alpha value is -4.57. The van der Waals surface area contributed by atoms with Gasteiger partial charge in [0.05, 0.1) is 28.3 Å². The van der Waals surface area contributed by atoms with Gasteiger partial charge in [-0.15, -0.1) is 0 Å². The van der Waals surface area contributed by atoms with Crippen LogP contribution in [0.2, 0.25) is 0 Å². The van der Waals surface area contributed by atoms with Crippen molar-refractivity contribution in [2.45, 2.75) is 26.3 Å². The second-order valence-corrected chi connectivity index (χ2v) is 12.9. The van der Waals surface area contributed by atoms with Crippen LogP contribution in [0.1, 0.15) is 19.4 Å². The van der Waals surface area contributed by atoms with E-state index in [0.29, 0.717) is 22.3 Å². The number of hydrogen-bond acceptors (Lipinski definition) is 6. The normalized spacial score (nSPS) is 12.0. The first kappa shape index (κ1) is 26.6. The standard InChI is InChI=1S/C31H29FN6O2S/c1-18(2)34-23-14-21(16-33-17-23)26-7-8-28-30(36-26)31(38-37-28)29-15-25-24(5-4-6-27(25)35-29)20-11-19(12-22(32)13-20)9-10-41(3,39)40/h4-8,11-18,34-35H,9-10H2,1-3H3,(H,37,38). The molecule has 0 radical (unpaired) electrons. The van der Waals surface area contributed by atoms with Crippen LogP contribution in [-0.4, -0.2) is 51.6 Å². The summed E-state index contributed by atoms with van der Waals surface area (Å²) in [7, 11) is -3.17. The molecule has 10 heteroatoms. The molecule has 0 unspecified atom stereocenters. The van der Waals surface area contributed by atoms with Gasteiger partial charge in [-0.1, -0.05) is 18.2 Å². The molecule has 0 aliphatic rings. The molecule has 0 spiro atoms. The van der Waals surface area contributed by atoms with E-state index in [0.717, 1.165) is 44.6 Å². The van der Waals surface area contributed by atoms with Crippen molar-refractivity contribution < 1.29 is 12.8 Å². The number of pyridine rings is 2. The summed E-state index contributed by atoms with van der Waals surface area (Å²) in [6.45, 7) is 4.15. The van der Waals surface area contributed by atoms with E-state index < -0.39 is 15.7 Å². The number of benzene rings is 2. The SMILES string of the molecule is CC(C)Nc1cncc(-c2ccc3[nH]nc(-c4cc5c(-c6cc(F)cc(CCS(C)(=O)=O)c6)cccc5[nH]4)c3n2)c1. The van der Waals surface area contributed by atoms with Gasteiger partial charge in [0.25, 0.3) is 0 Å². The topological polar surface area (TPSA) is 116 Å². The molecule has 3 N–H and O–H groups in total. The number of fused-ring (bicyclic) bond motifs is 2. The van der Waals surface area contributed by atoms with E-state index in [4.69, 9.17) is 4.98 Å². The molecule has 0 aliphatic carbocycles. The van der Waals surface area contributed by atoms with E-state index in [-0.39, 0.29) is 18.2 Å². The molecule has 208 valence electrons. The van der Waals surface area contributed by atoms with E-state index >= 15 is 0 Å². The van der Waals surface area contributed by atoms with Crippen molar-refractivity contribution >= 4 is 37.5 Å². The van der Waals surface area contributed by atoms with Gasteiger partial charge in [-0.2, -0.15) is 5.10 Å². The molecule has 0 saturated heterocycles. The molecule has 0 amide bonds. The van der Waals surface area contributed by atoms with Gasteiger partial charge in [0.1, 0.15) is 26.9 Å². The van der Waals surface area contributed by atoms with Gasteiger partial charge in [0, 0.05) is 41.2 Å². The minimum atomic E-state index is -3.17. The maximum atomic E-state index is 14.6. The fraction of sp³-hybridized carbons (Fsp3) is 0.194. The van der Waals surface area contributed by atoms with E-state index in [1.165, 1.54) is 18.4 Å². The highest BCUT2D eigenvalue weighted by atomic mass is 32.2. The minimum absolute atomic E-state index is 0.0375. The maximum Gasteiger partial charge on any atom is 0.147 e. The highest BCUT2D eigenvalue weighted by molar-refractivity contribution is 7.90. The number of nitrogens with zero attached hydrogens (tertiary/aromatic N) is 3. The van der Waals surface area contributed by atoms with Crippen LogP contribution in [0, 0.1) is 5.82 Å². The number of aromatic amines is 2. The minimum Gasteiger partial charge on any atom is -0.382 e. The van der Waals surface area contributed by atoms with Crippen molar-refractivity contribution in [1.29, 1.82) is 0 Å². The molecule has 0 atom stereocenters. The van der Waals surface area contributed by atoms with Crippen molar-refractivity contribution in [3.05, 3.63) is 84.4 Å². The molecule has 0 bridgehead atoms. The van der Waals surface area contributed by atoms with Gasteiger partial charge in [0.2, 0.25) is 0 Å². The summed E-state index contributed by atoms with van der Waals surface area (Å²) in [6.07, 6.45) is 5.01. The quantitative estimate of drug-likeness (QED) is 0.196. The number of nitrogens with one attached hydrogen (secondary N) is 3. The third-order valence-corrected chi connectivity index (χ3v) is 7.79. The van der Waals surface area contributed by atoms with Gasteiger partial charge in [0.15, 0.2) is 0 Å². The lowest BCUT2D eigenvalue weighted by molar-refractivity contribution is 0.600. The van der Waals surface area contributed by atoms with Crippen molar-refractivity contribution in [2.24, 2.45) is 0 Å². The molecule has 0 fully saturated rings. The highest BCUT2D eigenvalue weighted by Gasteiger charge is 2.16. The first-order valence-electron chi connectivity index (χ1n) is 13.3. The fourth-order valence-corrected chi connectivity index (χ4v) is 5.63. The molecule has 41 heavy (non-hydrogen) atoms. The van der Waals surface area contributed by atoms with Gasteiger partial charge in [-0.3, -0.25) is 10.1 Å². The van der Waals surface area contributed by atoms with Gasteiger partial charge in [-0.05, 0) is 79.4 Å². The van der Waals surface area contributed by atoms with Gasteiger partial charge >= 0.3 is 0 Å². The zero-order valence-electron chi connectivity index (χ0n) is 22.9. The van der Waals surface area contributed by atoms with Crippen LogP contribution < -0.4 is 5.32 Å². The molecule has 4 heterocycles. The lowest BCUT2D eigenvalue weighted by atomic mass is 9.98. The summed E-state index contributed by atoms with van der Waals surface area (Å²) in [5.74, 6) is -0.444. The summed E-state index contributed by atoms with van der Waals surface area (Å²) < 4.78 is 37.9. The summed E-state index contributed by atoms with van der Waals surface area (Å²) in [5, 5.41) is 11.9. The summed E-state index contributed by atoms with van der Waals surface area (Å²) in [5.41, 5.74) is 8.55. The van der Waals surface area contributed by atoms with Crippen molar-refractivity contribution in [3.63, 3.8) is 0 Å².